The van der Waals surface area contributed by atoms with Crippen LogP contribution in [-0.4, -0.2) is 49.9 Å². The Kier molecular flexibility index (Phi) is 5.11. The predicted octanol–water partition coefficient (Wildman–Crippen LogP) is 2.96. The molecule has 2 atom stereocenters. The van der Waals surface area contributed by atoms with Crippen molar-refractivity contribution in [2.24, 2.45) is 0 Å². The van der Waals surface area contributed by atoms with E-state index in [2.05, 4.69) is 31.6 Å². The zero-order chi connectivity index (χ0) is 20.5. The highest BCUT2D eigenvalue weighted by atomic mass is 35.5. The molecule has 1 N–H and O–H groups in total. The number of pyridine rings is 1. The summed E-state index contributed by atoms with van der Waals surface area (Å²) in [5.41, 5.74) is 1.08. The van der Waals surface area contributed by atoms with Gasteiger partial charge in [-0.3, -0.25) is 4.40 Å². The van der Waals surface area contributed by atoms with Gasteiger partial charge in [-0.05, 0) is 25.3 Å². The van der Waals surface area contributed by atoms with Gasteiger partial charge in [0.05, 0.1) is 19.4 Å². The summed E-state index contributed by atoms with van der Waals surface area (Å²) in [6, 6.07) is 5.93. The fourth-order valence-corrected chi connectivity index (χ4v) is 4.10. The first kappa shape index (κ1) is 19.0. The summed E-state index contributed by atoms with van der Waals surface area (Å²) in [6.45, 7) is 1.03. The fourth-order valence-electron chi connectivity index (χ4n) is 3.94. The molecular formula is C20H20ClN7O2. The predicted molar refractivity (Wildman–Crippen MR) is 109 cm³/mol. The van der Waals surface area contributed by atoms with Gasteiger partial charge in [0, 0.05) is 29.2 Å². The number of nitrogens with zero attached hydrogens (tertiary/aromatic N) is 6. The smallest absolute Gasteiger partial charge is 0.237 e. The van der Waals surface area contributed by atoms with E-state index in [9.17, 15) is 5.26 Å². The van der Waals surface area contributed by atoms with Crippen LogP contribution >= 0.6 is 11.6 Å². The van der Waals surface area contributed by atoms with Crippen LogP contribution in [0.4, 0.5) is 5.95 Å². The lowest BCUT2D eigenvalue weighted by Crippen LogP contribution is -2.39. The van der Waals surface area contributed by atoms with Crippen molar-refractivity contribution in [3.8, 4) is 11.9 Å². The largest absolute Gasteiger partial charge is 0.468 e. The summed E-state index contributed by atoms with van der Waals surface area (Å²) < 4.78 is 12.9. The third-order valence-electron chi connectivity index (χ3n) is 5.53. The number of fused-ring (bicyclic) bond motifs is 1. The first-order chi connectivity index (χ1) is 14.7. The molecule has 5 rings (SSSR count). The molecule has 0 amide bonds. The van der Waals surface area contributed by atoms with Crippen LogP contribution in [0.1, 0.15) is 43.0 Å². The first-order valence-electron chi connectivity index (χ1n) is 9.98. The normalized spacial score (nSPS) is 21.7. The van der Waals surface area contributed by atoms with Gasteiger partial charge in [-0.25, -0.2) is 4.98 Å². The summed E-state index contributed by atoms with van der Waals surface area (Å²) in [5, 5.41) is 22.0. The Morgan fingerprint density at radius 1 is 1.30 bits per heavy atom. The van der Waals surface area contributed by atoms with E-state index in [4.69, 9.17) is 21.1 Å². The van der Waals surface area contributed by atoms with Crippen molar-refractivity contribution >= 4 is 23.2 Å². The van der Waals surface area contributed by atoms with E-state index in [1.165, 1.54) is 6.20 Å². The SMILES string of the molecule is N#Cc1cnc(N[C@@H]2CCC[C@H](c3nnc4cc(Cl)ccn34)C2)nc1OC1COC1. The number of ether oxygens (including phenoxy) is 2. The highest BCUT2D eigenvalue weighted by Crippen LogP contribution is 2.33. The summed E-state index contributed by atoms with van der Waals surface area (Å²) >= 11 is 6.06. The first-order valence-corrected chi connectivity index (χ1v) is 10.4. The second-order valence-corrected chi connectivity index (χ2v) is 8.07. The average Bonchev–Trinajstić information content (AvgIpc) is 3.14. The number of hydrogen-bond acceptors (Lipinski definition) is 8. The molecule has 1 saturated carbocycles. The van der Waals surface area contributed by atoms with Gasteiger partial charge in [0.1, 0.15) is 23.6 Å². The van der Waals surface area contributed by atoms with Gasteiger partial charge < -0.3 is 14.8 Å². The highest BCUT2D eigenvalue weighted by Gasteiger charge is 2.28. The molecule has 9 nitrogen and oxygen atoms in total. The summed E-state index contributed by atoms with van der Waals surface area (Å²) in [7, 11) is 0. The van der Waals surface area contributed by atoms with Crippen molar-refractivity contribution < 1.29 is 9.47 Å². The second kappa shape index (κ2) is 8.05. The van der Waals surface area contributed by atoms with E-state index in [0.717, 1.165) is 37.2 Å². The van der Waals surface area contributed by atoms with Crippen LogP contribution in [0, 0.1) is 11.3 Å². The Morgan fingerprint density at radius 3 is 3.00 bits per heavy atom. The standard InChI is InChI=1S/C20H20ClN7O2/c21-14-4-5-28-17(7-14)26-27-18(28)12-2-1-3-15(6-12)24-20-23-9-13(8-22)19(25-20)30-16-10-29-11-16/h4-5,7,9,12,15-16H,1-3,6,10-11H2,(H,23,24,25)/t12-,15+/m0/s1. The monoisotopic (exact) mass is 425 g/mol. The van der Waals surface area contributed by atoms with Crippen molar-refractivity contribution in [1.29, 1.82) is 5.26 Å². The third kappa shape index (κ3) is 3.76. The van der Waals surface area contributed by atoms with E-state index in [-0.39, 0.29) is 18.1 Å². The Labute approximate surface area is 178 Å². The molecule has 3 aromatic rings. The number of anilines is 1. The summed E-state index contributed by atoms with van der Waals surface area (Å²) in [4.78, 5) is 8.74. The quantitative estimate of drug-likeness (QED) is 0.664. The molecule has 0 aromatic carbocycles. The molecule has 1 aliphatic heterocycles. The minimum Gasteiger partial charge on any atom is -0.468 e. The number of nitriles is 1. The molecule has 0 radical (unpaired) electrons. The maximum absolute atomic E-state index is 9.29. The number of hydrogen-bond donors (Lipinski definition) is 1. The van der Waals surface area contributed by atoms with Crippen LogP contribution < -0.4 is 10.1 Å². The van der Waals surface area contributed by atoms with Crippen LogP contribution in [-0.2, 0) is 4.74 Å². The van der Waals surface area contributed by atoms with Crippen molar-refractivity contribution in [3.63, 3.8) is 0 Å². The van der Waals surface area contributed by atoms with E-state index in [0.29, 0.717) is 35.6 Å². The van der Waals surface area contributed by atoms with Gasteiger partial charge in [-0.15, -0.1) is 10.2 Å². The van der Waals surface area contributed by atoms with Gasteiger partial charge in [0.2, 0.25) is 11.8 Å². The van der Waals surface area contributed by atoms with Crippen LogP contribution in [0.25, 0.3) is 5.65 Å². The number of halogens is 1. The molecule has 0 bridgehead atoms. The molecule has 2 fully saturated rings. The lowest BCUT2D eigenvalue weighted by molar-refractivity contribution is -0.0814. The van der Waals surface area contributed by atoms with E-state index < -0.39 is 0 Å². The molecule has 154 valence electrons. The third-order valence-corrected chi connectivity index (χ3v) is 5.77. The highest BCUT2D eigenvalue weighted by molar-refractivity contribution is 6.30. The maximum Gasteiger partial charge on any atom is 0.237 e. The van der Waals surface area contributed by atoms with E-state index >= 15 is 0 Å². The molecule has 2 aliphatic rings. The molecule has 0 spiro atoms. The summed E-state index contributed by atoms with van der Waals surface area (Å²) in [6.07, 6.45) is 7.36. The Balaban J connectivity index is 1.31. The Morgan fingerprint density at radius 2 is 2.20 bits per heavy atom. The van der Waals surface area contributed by atoms with Crippen molar-refractivity contribution in [1.82, 2.24) is 24.6 Å². The molecule has 3 aromatic heterocycles. The molecule has 10 heteroatoms. The van der Waals surface area contributed by atoms with Gasteiger partial charge in [-0.2, -0.15) is 10.2 Å². The van der Waals surface area contributed by atoms with Crippen molar-refractivity contribution in [2.45, 2.75) is 43.7 Å². The molecule has 30 heavy (non-hydrogen) atoms. The zero-order valence-corrected chi connectivity index (χ0v) is 16.9. The molecule has 1 aliphatic carbocycles. The van der Waals surface area contributed by atoms with Gasteiger partial charge in [-0.1, -0.05) is 18.0 Å². The fraction of sp³-hybridized carbons (Fsp3) is 0.450. The molecular weight excluding hydrogens is 406 g/mol. The van der Waals surface area contributed by atoms with Gasteiger partial charge in [0.25, 0.3) is 0 Å². The topological polar surface area (TPSA) is 110 Å². The maximum atomic E-state index is 9.29. The molecule has 4 heterocycles. The van der Waals surface area contributed by atoms with Crippen molar-refractivity contribution in [3.05, 3.63) is 40.9 Å². The van der Waals surface area contributed by atoms with Crippen LogP contribution in [0.5, 0.6) is 5.88 Å². The molecule has 1 saturated heterocycles. The van der Waals surface area contributed by atoms with E-state index in [1.807, 2.05) is 22.7 Å². The second-order valence-electron chi connectivity index (χ2n) is 7.64. The summed E-state index contributed by atoms with van der Waals surface area (Å²) in [5.74, 6) is 1.99. The van der Waals surface area contributed by atoms with Crippen molar-refractivity contribution in [2.75, 3.05) is 18.5 Å². The van der Waals surface area contributed by atoms with Gasteiger partial charge in [0.15, 0.2) is 5.65 Å². The lowest BCUT2D eigenvalue weighted by atomic mass is 9.85. The minimum atomic E-state index is -0.0614. The number of rotatable bonds is 5. The van der Waals surface area contributed by atoms with E-state index in [1.54, 1.807) is 0 Å². The average molecular weight is 426 g/mol. The zero-order valence-electron chi connectivity index (χ0n) is 16.2. The lowest BCUT2D eigenvalue weighted by Gasteiger charge is -2.29. The number of aromatic nitrogens is 5. The van der Waals surface area contributed by atoms with Gasteiger partial charge >= 0.3 is 0 Å². The minimum absolute atomic E-state index is 0.0614. The Hall–Kier alpha value is -2.96. The number of nitrogens with one attached hydrogen (secondary N) is 1. The van der Waals surface area contributed by atoms with Crippen LogP contribution in [0.2, 0.25) is 5.02 Å². The molecule has 0 unspecified atom stereocenters. The van der Waals surface area contributed by atoms with Crippen LogP contribution in [0.3, 0.4) is 0 Å². The van der Waals surface area contributed by atoms with Crippen LogP contribution in [0.15, 0.2) is 24.5 Å². The Bertz CT molecular complexity index is 1110.